The predicted molar refractivity (Wildman–Crippen MR) is 206 cm³/mol. The Hall–Kier alpha value is -6.58. The van der Waals surface area contributed by atoms with Gasteiger partial charge in [-0.05, 0) is 94.7 Å². The second-order valence-electron chi connectivity index (χ2n) is 12.6. The molecule has 0 saturated carbocycles. The van der Waals surface area contributed by atoms with Gasteiger partial charge >= 0.3 is 0 Å². The number of nitrogens with zero attached hydrogens (tertiary/aromatic N) is 2. The van der Waals surface area contributed by atoms with Gasteiger partial charge in [0.25, 0.3) is 0 Å². The van der Waals surface area contributed by atoms with Crippen LogP contribution in [0.3, 0.4) is 0 Å². The Kier molecular flexibility index (Phi) is 6.18. The Morgan fingerprint density at radius 1 is 0.408 bits per heavy atom. The van der Waals surface area contributed by atoms with Crippen molar-refractivity contribution in [1.82, 2.24) is 4.57 Å². The molecule has 0 saturated heterocycles. The fourth-order valence-corrected chi connectivity index (χ4v) is 7.50. The predicted octanol–water partition coefficient (Wildman–Crippen LogP) is 13.0. The van der Waals surface area contributed by atoms with Gasteiger partial charge in [0, 0.05) is 38.6 Å². The highest BCUT2D eigenvalue weighted by Crippen LogP contribution is 2.45. The molecule has 230 valence electrons. The smallest absolute Gasteiger partial charge is 0.136 e. The molecule has 2 aromatic heterocycles. The third-order valence-electron chi connectivity index (χ3n) is 9.74. The average molecular weight is 627 g/mol. The van der Waals surface area contributed by atoms with Crippen molar-refractivity contribution >= 4 is 71.6 Å². The van der Waals surface area contributed by atoms with E-state index < -0.39 is 0 Å². The summed E-state index contributed by atoms with van der Waals surface area (Å²) >= 11 is 0. The van der Waals surface area contributed by atoms with Crippen LogP contribution in [-0.4, -0.2) is 4.57 Å². The van der Waals surface area contributed by atoms with Crippen LogP contribution in [0.5, 0.6) is 0 Å². The van der Waals surface area contributed by atoms with Crippen LogP contribution in [0.2, 0.25) is 0 Å². The normalized spacial score (nSPS) is 11.7. The first-order chi connectivity index (χ1) is 24.3. The van der Waals surface area contributed by atoms with Crippen molar-refractivity contribution < 1.29 is 4.42 Å². The molecule has 0 radical (unpaired) electrons. The maximum atomic E-state index is 6.24. The fraction of sp³-hybridized carbons (Fsp3) is 0. The third kappa shape index (κ3) is 4.44. The van der Waals surface area contributed by atoms with Gasteiger partial charge in [0.05, 0.1) is 16.7 Å². The molecular weight excluding hydrogens is 597 g/mol. The minimum absolute atomic E-state index is 0.910. The number of aromatic nitrogens is 1. The van der Waals surface area contributed by atoms with Gasteiger partial charge in [-0.2, -0.15) is 0 Å². The first kappa shape index (κ1) is 27.5. The number of anilines is 3. The summed E-state index contributed by atoms with van der Waals surface area (Å²) in [5, 5.41) is 7.01. The van der Waals surface area contributed by atoms with Crippen molar-refractivity contribution in [2.75, 3.05) is 4.90 Å². The molecule has 0 aliphatic heterocycles. The lowest BCUT2D eigenvalue weighted by Gasteiger charge is -2.27. The summed E-state index contributed by atoms with van der Waals surface area (Å²) in [7, 11) is 0. The van der Waals surface area contributed by atoms with Crippen molar-refractivity contribution in [2.24, 2.45) is 0 Å². The number of rotatable bonds is 5. The van der Waals surface area contributed by atoms with Crippen molar-refractivity contribution in [3.05, 3.63) is 182 Å². The van der Waals surface area contributed by atoms with E-state index in [0.29, 0.717) is 0 Å². The summed E-state index contributed by atoms with van der Waals surface area (Å²) in [6.07, 6.45) is 0. The zero-order valence-corrected chi connectivity index (χ0v) is 26.6. The zero-order valence-electron chi connectivity index (χ0n) is 26.6. The SMILES string of the molecule is c1ccc(-c2ccc(N(c3ccc4cc5oc6ccccc6c5cc4c3)c3cccc4c3c3ccccc3n4-c3ccccc3)cc2)cc1. The quantitative estimate of drug-likeness (QED) is 0.190. The lowest BCUT2D eigenvalue weighted by molar-refractivity contribution is 0.669. The lowest BCUT2D eigenvalue weighted by atomic mass is 10.0. The molecule has 10 rings (SSSR count). The number of hydrogen-bond donors (Lipinski definition) is 0. The van der Waals surface area contributed by atoms with E-state index in [9.17, 15) is 0 Å². The van der Waals surface area contributed by atoms with Gasteiger partial charge in [0.15, 0.2) is 0 Å². The second kappa shape index (κ2) is 11.0. The number of para-hydroxylation sites is 3. The fourth-order valence-electron chi connectivity index (χ4n) is 7.50. The Labute approximate surface area is 283 Å². The molecule has 0 spiro atoms. The van der Waals surface area contributed by atoms with E-state index in [0.717, 1.165) is 50.1 Å². The molecule has 2 heterocycles. The van der Waals surface area contributed by atoms with Crippen LogP contribution in [-0.2, 0) is 0 Å². The summed E-state index contributed by atoms with van der Waals surface area (Å²) in [5.41, 5.74) is 11.0. The molecule has 0 bridgehead atoms. The molecule has 10 aromatic rings. The first-order valence-electron chi connectivity index (χ1n) is 16.7. The lowest BCUT2D eigenvalue weighted by Crippen LogP contribution is -2.10. The molecule has 0 aliphatic rings. The zero-order chi connectivity index (χ0) is 32.3. The van der Waals surface area contributed by atoms with Gasteiger partial charge in [0.2, 0.25) is 0 Å². The summed E-state index contributed by atoms with van der Waals surface area (Å²) in [6, 6.07) is 65.1. The van der Waals surface area contributed by atoms with E-state index in [-0.39, 0.29) is 0 Å². The topological polar surface area (TPSA) is 21.3 Å². The van der Waals surface area contributed by atoms with E-state index in [2.05, 4.69) is 179 Å². The van der Waals surface area contributed by atoms with Gasteiger partial charge in [-0.1, -0.05) is 109 Å². The highest BCUT2D eigenvalue weighted by Gasteiger charge is 2.21. The van der Waals surface area contributed by atoms with E-state index in [1.54, 1.807) is 0 Å². The number of furan rings is 1. The minimum atomic E-state index is 0.910. The molecule has 3 heteroatoms. The third-order valence-corrected chi connectivity index (χ3v) is 9.74. The van der Waals surface area contributed by atoms with E-state index >= 15 is 0 Å². The van der Waals surface area contributed by atoms with E-state index in [1.165, 1.54) is 38.3 Å². The van der Waals surface area contributed by atoms with Crippen LogP contribution >= 0.6 is 0 Å². The molecule has 3 nitrogen and oxygen atoms in total. The molecule has 0 atom stereocenters. The molecule has 0 aliphatic carbocycles. The maximum absolute atomic E-state index is 6.24. The Balaban J connectivity index is 1.23. The van der Waals surface area contributed by atoms with E-state index in [1.807, 2.05) is 12.1 Å². The van der Waals surface area contributed by atoms with Crippen LogP contribution in [0.1, 0.15) is 0 Å². The number of fused-ring (bicyclic) bond motifs is 7. The molecule has 49 heavy (non-hydrogen) atoms. The number of hydrogen-bond acceptors (Lipinski definition) is 2. The molecule has 0 fully saturated rings. The molecule has 0 N–H and O–H groups in total. The standard InChI is InChI=1S/C46H30N2O/c1-3-12-31(13-4-1)32-22-25-36(26-23-32)47(37-27-24-33-30-45-40(29-34(33)28-37)38-16-8-10-21-44(38)49-45)42-19-11-20-43-46(42)39-17-7-9-18-41(39)48(43)35-14-5-2-6-15-35/h1-30H. The Bertz CT molecular complexity index is 2810. The van der Waals surface area contributed by atoms with Crippen molar-refractivity contribution in [3.8, 4) is 16.8 Å². The summed E-state index contributed by atoms with van der Waals surface area (Å²) in [5.74, 6) is 0. The van der Waals surface area contributed by atoms with Crippen molar-refractivity contribution in [1.29, 1.82) is 0 Å². The monoisotopic (exact) mass is 626 g/mol. The van der Waals surface area contributed by atoms with E-state index in [4.69, 9.17) is 4.42 Å². The highest BCUT2D eigenvalue weighted by atomic mass is 16.3. The van der Waals surface area contributed by atoms with Crippen LogP contribution in [0.4, 0.5) is 17.1 Å². The molecule has 0 amide bonds. The second-order valence-corrected chi connectivity index (χ2v) is 12.6. The van der Waals surface area contributed by atoms with Gasteiger partial charge in [0.1, 0.15) is 11.2 Å². The Morgan fingerprint density at radius 2 is 1.08 bits per heavy atom. The molecule has 8 aromatic carbocycles. The highest BCUT2D eigenvalue weighted by molar-refractivity contribution is 6.17. The van der Waals surface area contributed by atoms with Gasteiger partial charge < -0.3 is 13.9 Å². The van der Waals surface area contributed by atoms with Gasteiger partial charge in [-0.15, -0.1) is 0 Å². The van der Waals surface area contributed by atoms with Crippen LogP contribution in [0.15, 0.2) is 186 Å². The number of benzene rings is 8. The Morgan fingerprint density at radius 3 is 1.92 bits per heavy atom. The maximum Gasteiger partial charge on any atom is 0.136 e. The van der Waals surface area contributed by atoms with Gasteiger partial charge in [-0.25, -0.2) is 0 Å². The van der Waals surface area contributed by atoms with Crippen LogP contribution < -0.4 is 4.90 Å². The summed E-state index contributed by atoms with van der Waals surface area (Å²) in [4.78, 5) is 2.41. The molecular formula is C46H30N2O. The summed E-state index contributed by atoms with van der Waals surface area (Å²) in [6.45, 7) is 0. The van der Waals surface area contributed by atoms with Crippen LogP contribution in [0.25, 0.3) is 71.3 Å². The average Bonchev–Trinajstić information content (AvgIpc) is 3.70. The van der Waals surface area contributed by atoms with Gasteiger partial charge in [-0.3, -0.25) is 0 Å². The van der Waals surface area contributed by atoms with Crippen molar-refractivity contribution in [2.45, 2.75) is 0 Å². The van der Waals surface area contributed by atoms with Crippen molar-refractivity contribution in [3.63, 3.8) is 0 Å². The summed E-state index contributed by atoms with van der Waals surface area (Å²) < 4.78 is 8.62. The van der Waals surface area contributed by atoms with Crippen LogP contribution in [0, 0.1) is 0 Å². The molecule has 0 unspecified atom stereocenters. The largest absolute Gasteiger partial charge is 0.456 e. The minimum Gasteiger partial charge on any atom is -0.456 e. The first-order valence-corrected chi connectivity index (χ1v) is 16.7.